The number of benzene rings is 2. The fourth-order valence-electron chi connectivity index (χ4n) is 3.83. The number of nitrogens with zero attached hydrogens (tertiary/aromatic N) is 4. The highest BCUT2D eigenvalue weighted by molar-refractivity contribution is 5.62. The average Bonchev–Trinajstić information content (AvgIpc) is 3.57. The molecule has 2 heterocycles. The number of nitrogens with two attached hydrogens (primary N) is 1. The summed E-state index contributed by atoms with van der Waals surface area (Å²) in [6.45, 7) is 0.797. The molecule has 4 aromatic rings. The summed E-state index contributed by atoms with van der Waals surface area (Å²) in [4.78, 5) is 34.3. The van der Waals surface area contributed by atoms with E-state index in [-0.39, 0.29) is 24.6 Å². The molecule has 0 radical (unpaired) electrons. The molecule has 0 unspecified atom stereocenters. The van der Waals surface area contributed by atoms with Crippen LogP contribution in [0.3, 0.4) is 0 Å². The Bertz CT molecular complexity index is 1360. The summed E-state index contributed by atoms with van der Waals surface area (Å²) in [6, 6.07) is 19.2. The molecule has 0 saturated heterocycles. The van der Waals surface area contributed by atoms with Gasteiger partial charge in [-0.1, -0.05) is 65.8 Å². The number of hydrogen-bond donors (Lipinski definition) is 2. The van der Waals surface area contributed by atoms with Gasteiger partial charge in [0.05, 0.1) is 13.1 Å². The van der Waals surface area contributed by atoms with Crippen molar-refractivity contribution < 1.29 is 4.52 Å². The van der Waals surface area contributed by atoms with E-state index in [1.54, 1.807) is 4.90 Å². The van der Waals surface area contributed by atoms with Crippen LogP contribution in [0.15, 0.2) is 74.8 Å². The Balaban J connectivity index is 1.54. The van der Waals surface area contributed by atoms with E-state index in [0.717, 1.165) is 24.0 Å². The molecule has 1 aliphatic carbocycles. The predicted molar refractivity (Wildman–Crippen MR) is 124 cm³/mol. The highest BCUT2D eigenvalue weighted by Gasteiger charge is 2.29. The van der Waals surface area contributed by atoms with Crippen LogP contribution in [0.25, 0.3) is 0 Å². The van der Waals surface area contributed by atoms with E-state index in [9.17, 15) is 9.59 Å². The van der Waals surface area contributed by atoms with Crippen molar-refractivity contribution in [3.63, 3.8) is 0 Å². The molecular weight excluding hydrogens is 420 g/mol. The van der Waals surface area contributed by atoms with Crippen molar-refractivity contribution in [3.05, 3.63) is 104 Å². The largest absolute Gasteiger partial charge is 0.383 e. The van der Waals surface area contributed by atoms with Crippen LogP contribution in [-0.4, -0.2) is 19.7 Å². The Labute approximate surface area is 189 Å². The number of aromatic nitrogens is 4. The number of nitrogens with one attached hydrogen (secondary N) is 1. The molecule has 0 bridgehead atoms. The second kappa shape index (κ2) is 8.78. The minimum absolute atomic E-state index is 0.0884. The molecule has 33 heavy (non-hydrogen) atoms. The van der Waals surface area contributed by atoms with Gasteiger partial charge in [-0.25, -0.2) is 4.79 Å². The third kappa shape index (κ3) is 4.57. The van der Waals surface area contributed by atoms with Gasteiger partial charge in [-0.15, -0.1) is 0 Å². The minimum Gasteiger partial charge on any atom is -0.383 e. The molecule has 1 saturated carbocycles. The monoisotopic (exact) mass is 444 g/mol. The zero-order valence-corrected chi connectivity index (χ0v) is 18.0. The van der Waals surface area contributed by atoms with E-state index in [1.807, 2.05) is 60.7 Å². The Morgan fingerprint density at radius 1 is 1.00 bits per heavy atom. The SMILES string of the molecule is Nc1c(N(Cc2ccccc2)Cc2nc(C3CC3)no2)c(=O)[nH]c(=O)n1Cc1ccccc1. The molecule has 0 atom stereocenters. The molecule has 9 nitrogen and oxygen atoms in total. The summed E-state index contributed by atoms with van der Waals surface area (Å²) in [5.41, 5.74) is 7.39. The molecule has 3 N–H and O–H groups in total. The Morgan fingerprint density at radius 2 is 1.67 bits per heavy atom. The molecule has 2 aromatic carbocycles. The molecule has 1 aliphatic rings. The van der Waals surface area contributed by atoms with Crippen LogP contribution in [0.1, 0.15) is 41.6 Å². The van der Waals surface area contributed by atoms with E-state index in [0.29, 0.717) is 24.2 Å². The minimum atomic E-state index is -0.557. The quantitative estimate of drug-likeness (QED) is 0.428. The van der Waals surface area contributed by atoms with Gasteiger partial charge in [0.25, 0.3) is 5.56 Å². The number of rotatable bonds is 8. The van der Waals surface area contributed by atoms with Crippen molar-refractivity contribution in [3.8, 4) is 0 Å². The van der Waals surface area contributed by atoms with E-state index >= 15 is 0 Å². The normalized spacial score (nSPS) is 13.2. The fourth-order valence-corrected chi connectivity index (χ4v) is 3.83. The molecule has 2 aromatic heterocycles. The van der Waals surface area contributed by atoms with Crippen molar-refractivity contribution >= 4 is 11.5 Å². The predicted octanol–water partition coefficient (Wildman–Crippen LogP) is 2.63. The highest BCUT2D eigenvalue weighted by atomic mass is 16.5. The smallest absolute Gasteiger partial charge is 0.330 e. The van der Waals surface area contributed by atoms with Crippen molar-refractivity contribution in [2.45, 2.75) is 38.4 Å². The summed E-state index contributed by atoms with van der Waals surface area (Å²) in [6.07, 6.45) is 2.12. The van der Waals surface area contributed by atoms with Gasteiger partial charge in [0, 0.05) is 12.5 Å². The first-order valence-corrected chi connectivity index (χ1v) is 10.9. The van der Waals surface area contributed by atoms with Crippen molar-refractivity contribution in [1.82, 2.24) is 19.7 Å². The van der Waals surface area contributed by atoms with Crippen LogP contribution in [0, 0.1) is 0 Å². The van der Waals surface area contributed by atoms with Gasteiger partial charge >= 0.3 is 5.69 Å². The third-order valence-corrected chi connectivity index (χ3v) is 5.68. The Morgan fingerprint density at radius 3 is 2.33 bits per heavy atom. The van der Waals surface area contributed by atoms with Gasteiger partial charge in [0.1, 0.15) is 11.5 Å². The lowest BCUT2D eigenvalue weighted by molar-refractivity contribution is 0.370. The van der Waals surface area contributed by atoms with Crippen LogP contribution in [0.4, 0.5) is 11.5 Å². The second-order valence-corrected chi connectivity index (χ2v) is 8.23. The van der Waals surface area contributed by atoms with Crippen molar-refractivity contribution in [1.29, 1.82) is 0 Å². The van der Waals surface area contributed by atoms with E-state index < -0.39 is 11.2 Å². The van der Waals surface area contributed by atoms with Gasteiger partial charge in [-0.3, -0.25) is 14.3 Å². The lowest BCUT2D eigenvalue weighted by Gasteiger charge is -2.25. The zero-order valence-electron chi connectivity index (χ0n) is 18.0. The third-order valence-electron chi connectivity index (χ3n) is 5.68. The van der Waals surface area contributed by atoms with Crippen LogP contribution in [0.5, 0.6) is 0 Å². The van der Waals surface area contributed by atoms with E-state index in [1.165, 1.54) is 4.57 Å². The second-order valence-electron chi connectivity index (χ2n) is 8.23. The summed E-state index contributed by atoms with van der Waals surface area (Å²) < 4.78 is 6.83. The molecule has 9 heteroatoms. The first kappa shape index (κ1) is 20.7. The molecule has 0 aliphatic heterocycles. The Kier molecular flexibility index (Phi) is 5.52. The number of anilines is 2. The number of H-pyrrole nitrogens is 1. The first-order chi connectivity index (χ1) is 16.1. The summed E-state index contributed by atoms with van der Waals surface area (Å²) in [7, 11) is 0. The maximum absolute atomic E-state index is 13.0. The van der Waals surface area contributed by atoms with Crippen LogP contribution in [0.2, 0.25) is 0 Å². The maximum atomic E-state index is 13.0. The summed E-state index contributed by atoms with van der Waals surface area (Å²) in [5.74, 6) is 1.53. The average molecular weight is 444 g/mol. The van der Waals surface area contributed by atoms with Gasteiger partial charge in [0.15, 0.2) is 5.82 Å². The lowest BCUT2D eigenvalue weighted by Crippen LogP contribution is -2.38. The number of nitrogen functional groups attached to an aromatic ring is 1. The van der Waals surface area contributed by atoms with Crippen LogP contribution >= 0.6 is 0 Å². The van der Waals surface area contributed by atoms with Crippen molar-refractivity contribution in [2.75, 3.05) is 10.6 Å². The zero-order chi connectivity index (χ0) is 22.8. The first-order valence-electron chi connectivity index (χ1n) is 10.9. The Hall–Kier alpha value is -4.14. The molecule has 0 amide bonds. The van der Waals surface area contributed by atoms with Crippen molar-refractivity contribution in [2.24, 2.45) is 0 Å². The fraction of sp³-hybridized carbons (Fsp3) is 0.250. The molecule has 1 fully saturated rings. The summed E-state index contributed by atoms with van der Waals surface area (Å²) >= 11 is 0. The van der Waals surface area contributed by atoms with E-state index in [2.05, 4.69) is 15.1 Å². The standard InChI is InChI=1S/C24H24N6O3/c25-21-20(23(31)27-24(32)30(21)14-17-9-5-2-6-10-17)29(13-16-7-3-1-4-8-16)15-19-26-22(28-33-19)18-11-12-18/h1-10,18H,11-15,25H2,(H,27,31,32). The van der Waals surface area contributed by atoms with Gasteiger partial charge in [0.2, 0.25) is 5.89 Å². The molecule has 0 spiro atoms. The molecule has 5 rings (SSSR count). The van der Waals surface area contributed by atoms with Gasteiger partial charge < -0.3 is 15.2 Å². The lowest BCUT2D eigenvalue weighted by atomic mass is 10.2. The van der Waals surface area contributed by atoms with Gasteiger partial charge in [-0.05, 0) is 24.0 Å². The molecular formula is C24H24N6O3. The van der Waals surface area contributed by atoms with Crippen LogP contribution < -0.4 is 21.9 Å². The maximum Gasteiger partial charge on any atom is 0.330 e. The number of aromatic amines is 1. The van der Waals surface area contributed by atoms with Crippen LogP contribution in [-0.2, 0) is 19.6 Å². The van der Waals surface area contributed by atoms with Gasteiger partial charge in [-0.2, -0.15) is 4.98 Å². The topological polar surface area (TPSA) is 123 Å². The molecule has 168 valence electrons. The van der Waals surface area contributed by atoms with E-state index in [4.69, 9.17) is 10.3 Å². The summed E-state index contributed by atoms with van der Waals surface area (Å²) in [5, 5.41) is 4.08. The number of hydrogen-bond acceptors (Lipinski definition) is 7. The highest BCUT2D eigenvalue weighted by Crippen LogP contribution is 2.38.